The van der Waals surface area contributed by atoms with Gasteiger partial charge in [-0.2, -0.15) is 4.99 Å². The van der Waals surface area contributed by atoms with Crippen molar-refractivity contribution in [2.24, 2.45) is 12.0 Å². The summed E-state index contributed by atoms with van der Waals surface area (Å²) in [4.78, 5) is 39.1. The molecule has 1 amide bonds. The number of carbonyl (C=O) groups is 2. The quantitative estimate of drug-likeness (QED) is 0.390. The lowest BCUT2D eigenvalue weighted by atomic mass is 10.2. The summed E-state index contributed by atoms with van der Waals surface area (Å²) in [5.41, 5.74) is 1.19. The zero-order chi connectivity index (χ0) is 19.6. The van der Waals surface area contributed by atoms with E-state index in [1.165, 1.54) is 35.6 Å². The molecule has 2 aromatic carbocycles. The predicted octanol–water partition coefficient (Wildman–Crippen LogP) is 3.07. The molecule has 9 heteroatoms. The van der Waals surface area contributed by atoms with Crippen LogP contribution in [0.25, 0.3) is 10.2 Å². The van der Waals surface area contributed by atoms with Crippen molar-refractivity contribution in [2.45, 2.75) is 6.92 Å². The molecule has 0 saturated heterocycles. The number of rotatable bonds is 4. The normalized spacial score (nSPS) is 11.6. The van der Waals surface area contributed by atoms with Crippen molar-refractivity contribution in [3.8, 4) is 0 Å². The molecule has 0 unspecified atom stereocenters. The van der Waals surface area contributed by atoms with E-state index in [0.717, 1.165) is 10.2 Å². The van der Waals surface area contributed by atoms with Crippen molar-refractivity contribution in [1.29, 1.82) is 0 Å². The third kappa shape index (κ3) is 3.77. The molecule has 0 aliphatic heterocycles. The van der Waals surface area contributed by atoms with Gasteiger partial charge in [-0.3, -0.25) is 14.9 Å². The molecule has 1 aromatic heterocycles. The number of nitro benzene ring substituents is 1. The lowest BCUT2D eigenvalue weighted by Gasteiger charge is -2.01. The molecule has 0 bridgehead atoms. The van der Waals surface area contributed by atoms with Crippen LogP contribution in [0.1, 0.15) is 27.6 Å². The molecular weight excluding hydrogens is 370 g/mol. The van der Waals surface area contributed by atoms with Crippen LogP contribution in [0, 0.1) is 10.1 Å². The average Bonchev–Trinajstić information content (AvgIpc) is 2.97. The number of non-ortho nitro benzene ring substituents is 1. The second kappa shape index (κ2) is 7.50. The number of amides is 1. The van der Waals surface area contributed by atoms with E-state index in [9.17, 15) is 19.7 Å². The fourth-order valence-electron chi connectivity index (χ4n) is 2.49. The molecule has 0 atom stereocenters. The second-order valence-electron chi connectivity index (χ2n) is 5.57. The van der Waals surface area contributed by atoms with Crippen LogP contribution >= 0.6 is 11.3 Å². The summed E-state index contributed by atoms with van der Waals surface area (Å²) < 4.78 is 7.49. The molecule has 0 fully saturated rings. The van der Waals surface area contributed by atoms with Gasteiger partial charge in [0, 0.05) is 24.7 Å². The van der Waals surface area contributed by atoms with Gasteiger partial charge in [-0.15, -0.1) is 0 Å². The smallest absolute Gasteiger partial charge is 0.338 e. The number of hydrogen-bond acceptors (Lipinski definition) is 6. The topological polar surface area (TPSA) is 104 Å². The van der Waals surface area contributed by atoms with Gasteiger partial charge in [0.05, 0.1) is 27.3 Å². The van der Waals surface area contributed by atoms with Crippen molar-refractivity contribution in [3.63, 3.8) is 0 Å². The molecular formula is C18H15N3O5S. The zero-order valence-corrected chi connectivity index (χ0v) is 15.4. The highest BCUT2D eigenvalue weighted by Gasteiger charge is 2.13. The third-order valence-electron chi connectivity index (χ3n) is 3.82. The van der Waals surface area contributed by atoms with Crippen molar-refractivity contribution in [1.82, 2.24) is 4.57 Å². The van der Waals surface area contributed by atoms with E-state index >= 15 is 0 Å². The molecule has 0 N–H and O–H groups in total. The summed E-state index contributed by atoms with van der Waals surface area (Å²) in [7, 11) is 1.75. The number of fused-ring (bicyclic) bond motifs is 1. The Hall–Kier alpha value is -3.33. The molecule has 27 heavy (non-hydrogen) atoms. The Bertz CT molecular complexity index is 1130. The highest BCUT2D eigenvalue weighted by atomic mass is 32.1. The average molecular weight is 385 g/mol. The number of aryl methyl sites for hydroxylation is 1. The van der Waals surface area contributed by atoms with Crippen LogP contribution in [-0.2, 0) is 11.8 Å². The van der Waals surface area contributed by atoms with E-state index < -0.39 is 16.8 Å². The van der Waals surface area contributed by atoms with Gasteiger partial charge < -0.3 is 9.30 Å². The van der Waals surface area contributed by atoms with E-state index in [1.54, 1.807) is 36.7 Å². The molecule has 0 spiro atoms. The maximum Gasteiger partial charge on any atom is 0.338 e. The van der Waals surface area contributed by atoms with Gasteiger partial charge in [-0.05, 0) is 31.2 Å². The number of benzene rings is 2. The summed E-state index contributed by atoms with van der Waals surface area (Å²) in [6, 6.07) is 10.5. The summed E-state index contributed by atoms with van der Waals surface area (Å²) in [5.74, 6) is -0.993. The van der Waals surface area contributed by atoms with Gasteiger partial charge >= 0.3 is 5.97 Å². The van der Waals surface area contributed by atoms with Crippen LogP contribution < -0.4 is 4.80 Å². The number of thiazole rings is 1. The standard InChI is InChI=1S/C18H15N3O5S/c1-3-26-17(23)12-7-8-14-15(10-12)27-18(20(14)2)19-16(22)11-5-4-6-13(9-11)21(24)25/h4-10H,3H2,1-2H3. The molecule has 0 aliphatic rings. The first-order valence-corrected chi connectivity index (χ1v) is 8.82. The predicted molar refractivity (Wildman–Crippen MR) is 99.7 cm³/mol. The maximum atomic E-state index is 12.4. The zero-order valence-electron chi connectivity index (χ0n) is 14.5. The molecule has 138 valence electrons. The first-order chi connectivity index (χ1) is 12.9. The van der Waals surface area contributed by atoms with Crippen LogP contribution in [0.4, 0.5) is 5.69 Å². The van der Waals surface area contributed by atoms with Gasteiger partial charge in [0.15, 0.2) is 4.80 Å². The Morgan fingerprint density at radius 1 is 1.22 bits per heavy atom. The number of ether oxygens (including phenoxy) is 1. The minimum absolute atomic E-state index is 0.133. The van der Waals surface area contributed by atoms with Gasteiger partial charge in [-0.1, -0.05) is 17.4 Å². The molecule has 0 saturated carbocycles. The minimum atomic E-state index is -0.577. The molecule has 0 aliphatic carbocycles. The van der Waals surface area contributed by atoms with Gasteiger partial charge in [0.25, 0.3) is 11.6 Å². The lowest BCUT2D eigenvalue weighted by Crippen LogP contribution is -2.13. The monoisotopic (exact) mass is 385 g/mol. The van der Waals surface area contributed by atoms with Crippen LogP contribution in [0.2, 0.25) is 0 Å². The first kappa shape index (κ1) is 18.5. The van der Waals surface area contributed by atoms with E-state index in [2.05, 4.69) is 4.99 Å². The second-order valence-corrected chi connectivity index (χ2v) is 6.58. The molecule has 8 nitrogen and oxygen atoms in total. The summed E-state index contributed by atoms with van der Waals surface area (Å²) in [5, 5.41) is 10.9. The number of nitrogens with zero attached hydrogens (tertiary/aromatic N) is 3. The summed E-state index contributed by atoms with van der Waals surface area (Å²) in [6.07, 6.45) is 0. The van der Waals surface area contributed by atoms with E-state index in [-0.39, 0.29) is 17.9 Å². The number of esters is 1. The van der Waals surface area contributed by atoms with Gasteiger partial charge in [-0.25, -0.2) is 4.79 Å². The van der Waals surface area contributed by atoms with Crippen molar-refractivity contribution in [3.05, 3.63) is 68.5 Å². The molecule has 3 aromatic rings. The van der Waals surface area contributed by atoms with Crippen LogP contribution in [-0.4, -0.2) is 28.0 Å². The van der Waals surface area contributed by atoms with Gasteiger partial charge in [0.1, 0.15) is 0 Å². The summed E-state index contributed by atoms with van der Waals surface area (Å²) in [6.45, 7) is 2.02. The number of aromatic nitrogens is 1. The van der Waals surface area contributed by atoms with Crippen molar-refractivity contribution in [2.75, 3.05) is 6.61 Å². The Balaban J connectivity index is 2.02. The Labute approximate surface area is 157 Å². The highest BCUT2D eigenvalue weighted by Crippen LogP contribution is 2.19. The Morgan fingerprint density at radius 3 is 2.70 bits per heavy atom. The van der Waals surface area contributed by atoms with Crippen LogP contribution in [0.15, 0.2) is 47.5 Å². The van der Waals surface area contributed by atoms with E-state index in [1.807, 2.05) is 0 Å². The fourth-order valence-corrected chi connectivity index (χ4v) is 3.54. The van der Waals surface area contributed by atoms with Crippen LogP contribution in [0.3, 0.4) is 0 Å². The lowest BCUT2D eigenvalue weighted by molar-refractivity contribution is -0.384. The first-order valence-electron chi connectivity index (χ1n) is 8.01. The number of hydrogen-bond donors (Lipinski definition) is 0. The number of nitro groups is 1. The van der Waals surface area contributed by atoms with Gasteiger partial charge in [0.2, 0.25) is 0 Å². The highest BCUT2D eigenvalue weighted by molar-refractivity contribution is 7.16. The van der Waals surface area contributed by atoms with E-state index in [4.69, 9.17) is 4.74 Å². The third-order valence-corrected chi connectivity index (χ3v) is 4.92. The molecule has 3 rings (SSSR count). The molecule has 0 radical (unpaired) electrons. The largest absolute Gasteiger partial charge is 0.462 e. The fraction of sp³-hybridized carbons (Fsp3) is 0.167. The SMILES string of the molecule is CCOC(=O)c1ccc2c(c1)sc(=NC(=O)c1cccc([N+](=O)[O-])c1)n2C. The Morgan fingerprint density at radius 2 is 2.00 bits per heavy atom. The summed E-state index contributed by atoms with van der Waals surface area (Å²) >= 11 is 1.24. The van der Waals surface area contributed by atoms with E-state index in [0.29, 0.717) is 10.4 Å². The Kier molecular flexibility index (Phi) is 5.13. The maximum absolute atomic E-state index is 12.4. The number of carbonyl (C=O) groups excluding carboxylic acids is 2. The van der Waals surface area contributed by atoms with Crippen LogP contribution in [0.5, 0.6) is 0 Å². The van der Waals surface area contributed by atoms with Crippen molar-refractivity contribution < 1.29 is 19.2 Å². The minimum Gasteiger partial charge on any atom is -0.462 e. The molecule has 1 heterocycles. The van der Waals surface area contributed by atoms with Crippen molar-refractivity contribution >= 4 is 39.1 Å².